The quantitative estimate of drug-likeness (QED) is 0.743. The van der Waals surface area contributed by atoms with Crippen molar-refractivity contribution in [2.45, 2.75) is 32.9 Å². The standard InChI is InChI=1S/C18H21NO4S/c1-3-10-22-15-8-6-14(7-9-15)18(21)23-13(2)17(20)19-12-16-5-4-11-24-16/h4-9,11,13H,3,10,12H2,1-2H3,(H,19,20)/t13-/m1/s1. The second kappa shape index (κ2) is 9.08. The molecule has 0 bridgehead atoms. The molecule has 1 amide bonds. The molecule has 0 spiro atoms. The predicted molar refractivity (Wildman–Crippen MR) is 93.3 cm³/mol. The Kier molecular flexibility index (Phi) is 6.81. The van der Waals surface area contributed by atoms with Crippen molar-refractivity contribution < 1.29 is 19.1 Å². The normalized spacial score (nSPS) is 11.6. The average Bonchev–Trinajstić information content (AvgIpc) is 3.11. The Labute approximate surface area is 145 Å². The lowest BCUT2D eigenvalue weighted by Crippen LogP contribution is -2.35. The number of nitrogens with one attached hydrogen (secondary N) is 1. The minimum Gasteiger partial charge on any atom is -0.494 e. The van der Waals surface area contributed by atoms with Crippen LogP contribution in [0.1, 0.15) is 35.5 Å². The number of ether oxygens (including phenoxy) is 2. The SMILES string of the molecule is CCCOc1ccc(C(=O)O[C@H](C)C(=O)NCc2cccs2)cc1. The van der Waals surface area contributed by atoms with Crippen molar-refractivity contribution in [1.29, 1.82) is 0 Å². The van der Waals surface area contributed by atoms with Gasteiger partial charge >= 0.3 is 5.97 Å². The van der Waals surface area contributed by atoms with Crippen molar-refractivity contribution in [3.05, 3.63) is 52.2 Å². The third-order valence-electron chi connectivity index (χ3n) is 3.23. The second-order valence-electron chi connectivity index (χ2n) is 5.22. The van der Waals surface area contributed by atoms with E-state index in [-0.39, 0.29) is 5.91 Å². The molecule has 0 aliphatic heterocycles. The van der Waals surface area contributed by atoms with Crippen LogP contribution in [0.2, 0.25) is 0 Å². The number of hydrogen-bond acceptors (Lipinski definition) is 5. The topological polar surface area (TPSA) is 64.6 Å². The fourth-order valence-corrected chi connectivity index (χ4v) is 2.56. The largest absolute Gasteiger partial charge is 0.494 e. The van der Waals surface area contributed by atoms with E-state index in [0.717, 1.165) is 11.3 Å². The summed E-state index contributed by atoms with van der Waals surface area (Å²) in [7, 11) is 0. The van der Waals surface area contributed by atoms with Crippen LogP contribution in [0.3, 0.4) is 0 Å². The summed E-state index contributed by atoms with van der Waals surface area (Å²) in [6.07, 6.45) is 0.0653. The predicted octanol–water partition coefficient (Wildman–Crippen LogP) is 3.40. The summed E-state index contributed by atoms with van der Waals surface area (Å²) in [5.74, 6) is -0.148. The summed E-state index contributed by atoms with van der Waals surface area (Å²) in [4.78, 5) is 25.1. The van der Waals surface area contributed by atoms with Gasteiger partial charge in [0.25, 0.3) is 5.91 Å². The van der Waals surface area contributed by atoms with Gasteiger partial charge in [-0.15, -0.1) is 11.3 Å². The van der Waals surface area contributed by atoms with Crippen LogP contribution < -0.4 is 10.1 Å². The lowest BCUT2D eigenvalue weighted by Gasteiger charge is -2.13. The summed E-state index contributed by atoms with van der Waals surface area (Å²) in [6.45, 7) is 4.64. The van der Waals surface area contributed by atoms with E-state index in [2.05, 4.69) is 5.32 Å². The van der Waals surface area contributed by atoms with Gasteiger partial charge in [0.2, 0.25) is 0 Å². The number of benzene rings is 1. The minimum absolute atomic E-state index is 0.320. The first kappa shape index (κ1) is 18.0. The van der Waals surface area contributed by atoms with Crippen LogP contribution >= 0.6 is 11.3 Å². The van der Waals surface area contributed by atoms with Crippen LogP contribution in [-0.2, 0) is 16.1 Å². The molecule has 1 aromatic heterocycles. The number of hydrogen-bond donors (Lipinski definition) is 1. The first-order valence-electron chi connectivity index (χ1n) is 7.84. The zero-order valence-electron chi connectivity index (χ0n) is 13.8. The van der Waals surface area contributed by atoms with Gasteiger partial charge in [0.1, 0.15) is 5.75 Å². The van der Waals surface area contributed by atoms with Crippen molar-refractivity contribution in [1.82, 2.24) is 5.32 Å². The summed E-state index contributed by atoms with van der Waals surface area (Å²) < 4.78 is 10.7. The highest BCUT2D eigenvalue weighted by atomic mass is 32.1. The zero-order valence-corrected chi connectivity index (χ0v) is 14.6. The van der Waals surface area contributed by atoms with E-state index in [0.29, 0.717) is 24.5 Å². The molecule has 0 radical (unpaired) electrons. The van der Waals surface area contributed by atoms with E-state index < -0.39 is 12.1 Å². The van der Waals surface area contributed by atoms with E-state index in [1.807, 2.05) is 24.4 Å². The van der Waals surface area contributed by atoms with Crippen molar-refractivity contribution in [3.63, 3.8) is 0 Å². The zero-order chi connectivity index (χ0) is 17.4. The van der Waals surface area contributed by atoms with Crippen molar-refractivity contribution in [2.24, 2.45) is 0 Å². The fourth-order valence-electron chi connectivity index (χ4n) is 1.92. The molecule has 6 heteroatoms. The van der Waals surface area contributed by atoms with Gasteiger partial charge in [-0.05, 0) is 49.1 Å². The molecule has 1 N–H and O–H groups in total. The molecule has 1 aromatic carbocycles. The Balaban J connectivity index is 1.82. The first-order chi connectivity index (χ1) is 11.6. The first-order valence-corrected chi connectivity index (χ1v) is 8.72. The Bertz CT molecular complexity index is 652. The van der Waals surface area contributed by atoms with Gasteiger partial charge in [0.05, 0.1) is 18.7 Å². The molecule has 0 fully saturated rings. The monoisotopic (exact) mass is 347 g/mol. The Morgan fingerprint density at radius 2 is 1.96 bits per heavy atom. The molecule has 24 heavy (non-hydrogen) atoms. The minimum atomic E-state index is -0.853. The summed E-state index contributed by atoms with van der Waals surface area (Å²) in [5.41, 5.74) is 0.386. The molecule has 0 saturated heterocycles. The van der Waals surface area contributed by atoms with E-state index >= 15 is 0 Å². The number of thiophene rings is 1. The van der Waals surface area contributed by atoms with E-state index in [1.165, 1.54) is 0 Å². The third kappa shape index (κ3) is 5.38. The van der Waals surface area contributed by atoms with Gasteiger partial charge in [0.15, 0.2) is 6.10 Å². The molecule has 128 valence electrons. The maximum atomic E-state index is 12.1. The van der Waals surface area contributed by atoms with E-state index in [1.54, 1.807) is 42.5 Å². The maximum Gasteiger partial charge on any atom is 0.338 e. The van der Waals surface area contributed by atoms with Gasteiger partial charge in [-0.3, -0.25) is 4.79 Å². The van der Waals surface area contributed by atoms with Crippen molar-refractivity contribution in [2.75, 3.05) is 6.61 Å². The molecule has 2 aromatic rings. The number of amides is 1. The van der Waals surface area contributed by atoms with Crippen LogP contribution in [0, 0.1) is 0 Å². The molecule has 0 aliphatic rings. The molecular weight excluding hydrogens is 326 g/mol. The highest BCUT2D eigenvalue weighted by Gasteiger charge is 2.18. The Morgan fingerprint density at radius 3 is 2.58 bits per heavy atom. The molecule has 5 nitrogen and oxygen atoms in total. The van der Waals surface area contributed by atoms with E-state index in [4.69, 9.17) is 9.47 Å². The number of esters is 1. The summed E-state index contributed by atoms with van der Waals surface area (Å²) in [6, 6.07) is 10.5. The Morgan fingerprint density at radius 1 is 1.21 bits per heavy atom. The lowest BCUT2D eigenvalue weighted by atomic mass is 10.2. The molecule has 2 rings (SSSR count). The van der Waals surface area contributed by atoms with Crippen LogP contribution in [0.4, 0.5) is 0 Å². The summed E-state index contributed by atoms with van der Waals surface area (Å²) >= 11 is 1.56. The second-order valence-corrected chi connectivity index (χ2v) is 6.25. The maximum absolute atomic E-state index is 12.1. The molecule has 0 saturated carbocycles. The van der Waals surface area contributed by atoms with Crippen LogP contribution in [0.25, 0.3) is 0 Å². The van der Waals surface area contributed by atoms with Crippen molar-refractivity contribution >= 4 is 23.2 Å². The van der Waals surface area contributed by atoms with Crippen molar-refractivity contribution in [3.8, 4) is 5.75 Å². The van der Waals surface area contributed by atoms with Gasteiger partial charge < -0.3 is 14.8 Å². The fraction of sp³-hybridized carbons (Fsp3) is 0.333. The average molecular weight is 347 g/mol. The Hall–Kier alpha value is -2.34. The third-order valence-corrected chi connectivity index (χ3v) is 4.11. The number of carbonyl (C=O) groups is 2. The number of carbonyl (C=O) groups excluding carboxylic acids is 2. The molecule has 0 unspecified atom stereocenters. The van der Waals surface area contributed by atoms with Gasteiger partial charge in [-0.1, -0.05) is 13.0 Å². The lowest BCUT2D eigenvalue weighted by molar-refractivity contribution is -0.129. The number of rotatable bonds is 8. The van der Waals surface area contributed by atoms with Gasteiger partial charge in [0, 0.05) is 4.88 Å². The van der Waals surface area contributed by atoms with Crippen LogP contribution in [0.15, 0.2) is 41.8 Å². The van der Waals surface area contributed by atoms with E-state index in [9.17, 15) is 9.59 Å². The highest BCUT2D eigenvalue weighted by Crippen LogP contribution is 2.14. The summed E-state index contributed by atoms with van der Waals surface area (Å²) in [5, 5.41) is 4.69. The van der Waals surface area contributed by atoms with Crippen LogP contribution in [0.5, 0.6) is 5.75 Å². The van der Waals surface area contributed by atoms with Gasteiger partial charge in [-0.2, -0.15) is 0 Å². The molecule has 1 heterocycles. The van der Waals surface area contributed by atoms with Crippen LogP contribution in [-0.4, -0.2) is 24.6 Å². The highest BCUT2D eigenvalue weighted by molar-refractivity contribution is 7.09. The molecule has 0 aliphatic carbocycles. The molecule has 1 atom stereocenters. The molecular formula is C18H21NO4S. The smallest absolute Gasteiger partial charge is 0.338 e. The van der Waals surface area contributed by atoms with Gasteiger partial charge in [-0.25, -0.2) is 4.79 Å².